The van der Waals surface area contributed by atoms with Crippen LogP contribution in [0.4, 0.5) is 0 Å². The van der Waals surface area contributed by atoms with E-state index < -0.39 is 5.97 Å². The summed E-state index contributed by atoms with van der Waals surface area (Å²) in [5.74, 6) is -0.896. The number of aliphatic carboxylic acids is 1. The van der Waals surface area contributed by atoms with Crippen LogP contribution >= 0.6 is 11.6 Å². The molecule has 4 nitrogen and oxygen atoms in total. The third-order valence-electron chi connectivity index (χ3n) is 6.80. The maximum absolute atomic E-state index is 13.0. The molecule has 1 fully saturated rings. The van der Waals surface area contributed by atoms with Crippen molar-refractivity contribution < 1.29 is 14.7 Å². The van der Waals surface area contributed by atoms with Crippen molar-refractivity contribution in [3.8, 4) is 0 Å². The number of aryl methyl sites for hydroxylation is 1. The Balaban J connectivity index is 1.95. The summed E-state index contributed by atoms with van der Waals surface area (Å²) < 4.78 is 0. The van der Waals surface area contributed by atoms with Crippen molar-refractivity contribution in [3.05, 3.63) is 46.1 Å². The fraction of sp³-hybridized carbons (Fsp3) is 0.600. The molecule has 1 heterocycles. The molecule has 0 aromatic heterocycles. The van der Waals surface area contributed by atoms with Crippen LogP contribution in [0.25, 0.3) is 0 Å². The fourth-order valence-electron chi connectivity index (χ4n) is 4.88. The Morgan fingerprint density at radius 2 is 1.93 bits per heavy atom. The lowest BCUT2D eigenvalue weighted by Gasteiger charge is -2.41. The molecule has 1 aliphatic heterocycles. The van der Waals surface area contributed by atoms with E-state index in [1.165, 1.54) is 5.57 Å². The van der Waals surface area contributed by atoms with E-state index in [0.717, 1.165) is 41.8 Å². The zero-order chi connectivity index (χ0) is 22.3. The highest BCUT2D eigenvalue weighted by Gasteiger charge is 2.52. The van der Waals surface area contributed by atoms with Gasteiger partial charge in [-0.1, -0.05) is 58.4 Å². The first-order chi connectivity index (χ1) is 13.8. The van der Waals surface area contributed by atoms with Crippen LogP contribution in [-0.4, -0.2) is 28.4 Å². The molecule has 5 heteroatoms. The van der Waals surface area contributed by atoms with Gasteiger partial charge in [-0.25, -0.2) is 0 Å². The first-order valence-electron chi connectivity index (χ1n) is 10.9. The molecular weight excluding hydrogens is 398 g/mol. The van der Waals surface area contributed by atoms with Gasteiger partial charge < -0.3 is 10.0 Å². The highest BCUT2D eigenvalue weighted by Crippen LogP contribution is 2.58. The lowest BCUT2D eigenvalue weighted by molar-refractivity contribution is -0.138. The minimum atomic E-state index is -0.888. The lowest BCUT2D eigenvalue weighted by Crippen LogP contribution is -2.42. The van der Waals surface area contributed by atoms with Gasteiger partial charge in [0.05, 0.1) is 6.42 Å². The first kappa shape index (κ1) is 22.9. The number of amides is 1. The summed E-state index contributed by atoms with van der Waals surface area (Å²) in [4.78, 5) is 25.6. The molecule has 0 spiro atoms. The minimum absolute atomic E-state index is 0.00867. The average Bonchev–Trinajstić information content (AvgIpc) is 2.89. The number of fused-ring (bicyclic) bond motifs is 1. The predicted molar refractivity (Wildman–Crippen MR) is 121 cm³/mol. The van der Waals surface area contributed by atoms with Crippen molar-refractivity contribution in [2.24, 2.45) is 10.8 Å². The van der Waals surface area contributed by atoms with Crippen molar-refractivity contribution in [2.75, 3.05) is 6.54 Å². The van der Waals surface area contributed by atoms with Gasteiger partial charge in [0.25, 0.3) is 0 Å². The number of rotatable bonds is 6. The number of halogens is 1. The molecule has 164 valence electrons. The van der Waals surface area contributed by atoms with E-state index in [0.29, 0.717) is 6.42 Å². The van der Waals surface area contributed by atoms with Crippen molar-refractivity contribution in [1.29, 1.82) is 0 Å². The number of hydrogen-bond acceptors (Lipinski definition) is 2. The molecule has 1 amide bonds. The molecule has 30 heavy (non-hydrogen) atoms. The Bertz CT molecular complexity index is 881. The van der Waals surface area contributed by atoms with Crippen molar-refractivity contribution in [1.82, 2.24) is 4.90 Å². The normalized spacial score (nSPS) is 23.3. The van der Waals surface area contributed by atoms with Gasteiger partial charge in [0, 0.05) is 29.6 Å². The summed E-state index contributed by atoms with van der Waals surface area (Å²) >= 11 is 6.71. The number of carboxylic acids is 1. The summed E-state index contributed by atoms with van der Waals surface area (Å²) in [5.41, 5.74) is 3.35. The third kappa shape index (κ3) is 4.59. The van der Waals surface area contributed by atoms with E-state index in [2.05, 4.69) is 52.8 Å². The van der Waals surface area contributed by atoms with Crippen LogP contribution in [0.15, 0.2) is 30.0 Å². The number of nitrogens with zero attached hydrogens (tertiary/aromatic N) is 1. The second-order valence-corrected chi connectivity index (χ2v) is 11.2. The van der Waals surface area contributed by atoms with Gasteiger partial charge in [0.1, 0.15) is 0 Å². The van der Waals surface area contributed by atoms with Gasteiger partial charge in [-0.3, -0.25) is 9.59 Å². The molecule has 1 unspecified atom stereocenters. The van der Waals surface area contributed by atoms with Crippen LogP contribution in [0, 0.1) is 10.8 Å². The molecule has 1 aliphatic carbocycles. The highest BCUT2D eigenvalue weighted by atomic mass is 35.5. The second kappa shape index (κ2) is 8.03. The van der Waals surface area contributed by atoms with Crippen LogP contribution in [0.3, 0.4) is 0 Å². The van der Waals surface area contributed by atoms with Crippen LogP contribution in [0.2, 0.25) is 5.02 Å². The SMILES string of the molecule is CC(C)(C)CCc1ccc(C23CCC(C)(C)C2=CN(CCC(=O)O)C(=O)C3)cc1Cl. The predicted octanol–water partition coefficient (Wildman–Crippen LogP) is 5.97. The number of carbonyl (C=O) groups is 2. The second-order valence-electron chi connectivity index (χ2n) is 10.8. The smallest absolute Gasteiger partial charge is 0.305 e. The number of hydrogen-bond donors (Lipinski definition) is 1. The molecule has 0 bridgehead atoms. The number of carboxylic acid groups (broad SMARTS) is 1. The molecule has 1 atom stereocenters. The Hall–Kier alpha value is -1.81. The maximum Gasteiger partial charge on any atom is 0.305 e. The van der Waals surface area contributed by atoms with E-state index in [1.807, 2.05) is 6.20 Å². The largest absolute Gasteiger partial charge is 0.481 e. The van der Waals surface area contributed by atoms with E-state index in [9.17, 15) is 9.59 Å². The van der Waals surface area contributed by atoms with Crippen LogP contribution < -0.4 is 0 Å². The monoisotopic (exact) mass is 431 g/mol. The van der Waals surface area contributed by atoms with Crippen LogP contribution in [-0.2, 0) is 21.4 Å². The molecule has 0 radical (unpaired) electrons. The van der Waals surface area contributed by atoms with Gasteiger partial charge in [0.15, 0.2) is 0 Å². The first-order valence-corrected chi connectivity index (χ1v) is 11.2. The standard InChI is InChI=1S/C25H34ClNO3/c1-23(2,3)10-8-17-6-7-18(14-19(17)26)25-12-11-24(4,5)20(25)16-27(21(28)15-25)13-9-22(29)30/h6-7,14,16H,8-13,15H2,1-5H3,(H,29,30). The Morgan fingerprint density at radius 3 is 2.53 bits per heavy atom. The van der Waals surface area contributed by atoms with Gasteiger partial charge >= 0.3 is 5.97 Å². The number of allylic oxidation sites excluding steroid dienone is 1. The molecule has 1 saturated carbocycles. The van der Waals surface area contributed by atoms with E-state index in [-0.39, 0.29) is 35.1 Å². The summed E-state index contributed by atoms with van der Waals surface area (Å²) in [6.45, 7) is 11.3. The summed E-state index contributed by atoms with van der Waals surface area (Å²) in [7, 11) is 0. The fourth-order valence-corrected chi connectivity index (χ4v) is 5.15. The maximum atomic E-state index is 13.0. The molecule has 0 saturated heterocycles. The van der Waals surface area contributed by atoms with E-state index in [1.54, 1.807) is 4.90 Å². The Kier molecular flexibility index (Phi) is 6.12. The topological polar surface area (TPSA) is 57.6 Å². The molecule has 3 rings (SSSR count). The molecular formula is C25H34ClNO3. The van der Waals surface area contributed by atoms with Crippen LogP contribution in [0.5, 0.6) is 0 Å². The van der Waals surface area contributed by atoms with Crippen molar-refractivity contribution >= 4 is 23.5 Å². The highest BCUT2D eigenvalue weighted by molar-refractivity contribution is 6.31. The van der Waals surface area contributed by atoms with Gasteiger partial charge in [0.2, 0.25) is 5.91 Å². The van der Waals surface area contributed by atoms with E-state index in [4.69, 9.17) is 16.7 Å². The minimum Gasteiger partial charge on any atom is -0.481 e. The van der Waals surface area contributed by atoms with Gasteiger partial charge in [-0.15, -0.1) is 0 Å². The molecule has 1 N–H and O–H groups in total. The van der Waals surface area contributed by atoms with Gasteiger partial charge in [-0.05, 0) is 59.3 Å². The molecule has 1 aromatic carbocycles. The molecule has 2 aliphatic rings. The van der Waals surface area contributed by atoms with Crippen molar-refractivity contribution in [2.45, 2.75) is 78.6 Å². The van der Waals surface area contributed by atoms with E-state index >= 15 is 0 Å². The zero-order valence-corrected chi connectivity index (χ0v) is 19.6. The quantitative estimate of drug-likeness (QED) is 0.603. The number of benzene rings is 1. The molecule has 1 aromatic rings. The lowest BCUT2D eigenvalue weighted by atomic mass is 9.68. The average molecular weight is 432 g/mol. The summed E-state index contributed by atoms with van der Waals surface area (Å²) in [6.07, 6.45) is 6.16. The Morgan fingerprint density at radius 1 is 1.23 bits per heavy atom. The third-order valence-corrected chi connectivity index (χ3v) is 7.15. The Labute approximate surface area is 185 Å². The summed E-state index contributed by atoms with van der Waals surface area (Å²) in [5, 5.41) is 9.80. The van der Waals surface area contributed by atoms with Crippen molar-refractivity contribution in [3.63, 3.8) is 0 Å². The number of carbonyl (C=O) groups excluding carboxylic acids is 1. The van der Waals surface area contributed by atoms with Crippen LogP contribution in [0.1, 0.15) is 77.8 Å². The zero-order valence-electron chi connectivity index (χ0n) is 18.8. The summed E-state index contributed by atoms with van der Waals surface area (Å²) in [6, 6.07) is 6.34. The van der Waals surface area contributed by atoms with Gasteiger partial charge in [-0.2, -0.15) is 0 Å².